The topological polar surface area (TPSA) is 52.7 Å². The summed E-state index contributed by atoms with van der Waals surface area (Å²) in [5.74, 6) is 1.13. The number of halogens is 1. The summed E-state index contributed by atoms with van der Waals surface area (Å²) in [7, 11) is 0. The predicted molar refractivity (Wildman–Crippen MR) is 155 cm³/mol. The van der Waals surface area contributed by atoms with Crippen molar-refractivity contribution in [1.29, 1.82) is 0 Å². The Hall–Kier alpha value is -3.31. The van der Waals surface area contributed by atoms with Gasteiger partial charge in [0.1, 0.15) is 0 Å². The van der Waals surface area contributed by atoms with E-state index >= 15 is 0 Å². The first-order valence-corrected chi connectivity index (χ1v) is 14.1. The molecule has 0 unspecified atom stereocenters. The summed E-state index contributed by atoms with van der Waals surface area (Å²) in [6, 6.07) is 23.3. The van der Waals surface area contributed by atoms with Crippen LogP contribution in [0.15, 0.2) is 72.8 Å². The van der Waals surface area contributed by atoms with Gasteiger partial charge in [0.2, 0.25) is 0 Å². The van der Waals surface area contributed by atoms with Crippen molar-refractivity contribution in [2.45, 2.75) is 39.0 Å². The molecule has 2 amide bonds. The molecule has 3 aromatic carbocycles. The third kappa shape index (κ3) is 6.39. The third-order valence-corrected chi connectivity index (χ3v) is 8.24. The molecule has 0 spiro atoms. The molecule has 0 aromatic heterocycles. The molecule has 0 aliphatic carbocycles. The molecular weight excluding hydrogens is 494 g/mol. The lowest BCUT2D eigenvalue weighted by molar-refractivity contribution is 0.0697. The Kier molecular flexibility index (Phi) is 8.33. The molecule has 0 bridgehead atoms. The van der Waals surface area contributed by atoms with E-state index in [2.05, 4.69) is 47.5 Å². The molecule has 2 aliphatic heterocycles. The van der Waals surface area contributed by atoms with Crippen LogP contribution in [0.3, 0.4) is 0 Å². The first-order valence-electron chi connectivity index (χ1n) is 13.8. The minimum Gasteiger partial charge on any atom is -0.371 e. The summed E-state index contributed by atoms with van der Waals surface area (Å²) in [6.45, 7) is 5.65. The molecule has 1 N–H and O–H groups in total. The third-order valence-electron chi connectivity index (χ3n) is 7.98. The summed E-state index contributed by atoms with van der Waals surface area (Å²) < 4.78 is 0. The number of hydrogen-bond donors (Lipinski definition) is 1. The molecule has 3 aromatic rings. The van der Waals surface area contributed by atoms with E-state index in [4.69, 9.17) is 11.6 Å². The van der Waals surface area contributed by atoms with Crippen molar-refractivity contribution in [2.24, 2.45) is 11.8 Å². The normalized spacial score (nSPS) is 16.9. The minimum absolute atomic E-state index is 0.0564. The summed E-state index contributed by atoms with van der Waals surface area (Å²) in [5.41, 5.74) is 4.19. The van der Waals surface area contributed by atoms with Gasteiger partial charge in [-0.15, -0.1) is 0 Å². The Morgan fingerprint density at radius 1 is 0.868 bits per heavy atom. The van der Waals surface area contributed by atoms with Crippen LogP contribution in [0.2, 0.25) is 5.02 Å². The van der Waals surface area contributed by atoms with Gasteiger partial charge in [0.15, 0.2) is 0 Å². The largest absolute Gasteiger partial charge is 0.371 e. The Labute approximate surface area is 230 Å². The van der Waals surface area contributed by atoms with Crippen molar-refractivity contribution >= 4 is 34.8 Å². The van der Waals surface area contributed by atoms with E-state index in [0.717, 1.165) is 64.0 Å². The van der Waals surface area contributed by atoms with Gasteiger partial charge >= 0.3 is 0 Å². The Balaban J connectivity index is 1.34. The fourth-order valence-electron chi connectivity index (χ4n) is 5.57. The maximum absolute atomic E-state index is 13.8. The second-order valence-corrected chi connectivity index (χ2v) is 11.2. The lowest BCUT2D eigenvalue weighted by Gasteiger charge is -2.36. The zero-order valence-corrected chi connectivity index (χ0v) is 22.8. The highest BCUT2D eigenvalue weighted by atomic mass is 35.5. The summed E-state index contributed by atoms with van der Waals surface area (Å²) in [5, 5.41) is 3.56. The van der Waals surface area contributed by atoms with Gasteiger partial charge in [-0.25, -0.2) is 0 Å². The monoisotopic (exact) mass is 529 g/mol. The molecule has 5 rings (SSSR count). The van der Waals surface area contributed by atoms with Gasteiger partial charge < -0.3 is 15.1 Å². The van der Waals surface area contributed by atoms with Crippen LogP contribution in [0, 0.1) is 11.8 Å². The van der Waals surface area contributed by atoms with Crippen molar-refractivity contribution < 1.29 is 9.59 Å². The average molecular weight is 530 g/mol. The van der Waals surface area contributed by atoms with E-state index in [1.54, 1.807) is 24.3 Å². The number of carbonyl (C=O) groups is 2. The number of carbonyl (C=O) groups excluding carboxylic acids is 2. The molecule has 2 fully saturated rings. The zero-order valence-electron chi connectivity index (χ0n) is 22.0. The SMILES string of the molecule is CC1CCN(C(=O)c2cc(NC(=O)c3ccc(Cl)cc3)ccc2N2CCC(Cc3ccccc3)CC2)CC1. The first-order chi connectivity index (χ1) is 18.5. The van der Waals surface area contributed by atoms with Gasteiger partial charge in [-0.1, -0.05) is 48.9 Å². The Morgan fingerprint density at radius 3 is 2.24 bits per heavy atom. The van der Waals surface area contributed by atoms with Crippen LogP contribution in [0.5, 0.6) is 0 Å². The van der Waals surface area contributed by atoms with E-state index in [1.165, 1.54) is 5.56 Å². The van der Waals surface area contributed by atoms with Crippen LogP contribution >= 0.6 is 11.6 Å². The van der Waals surface area contributed by atoms with Gasteiger partial charge in [-0.05, 0) is 92.0 Å². The second-order valence-electron chi connectivity index (χ2n) is 10.8. The number of hydrogen-bond acceptors (Lipinski definition) is 3. The summed E-state index contributed by atoms with van der Waals surface area (Å²) in [6.07, 6.45) is 5.34. The molecular formula is C32H36ClN3O2. The molecule has 0 radical (unpaired) electrons. The number of amides is 2. The van der Waals surface area contributed by atoms with Crippen LogP contribution < -0.4 is 10.2 Å². The minimum atomic E-state index is -0.221. The molecule has 5 nitrogen and oxygen atoms in total. The van der Waals surface area contributed by atoms with Gasteiger partial charge in [0.05, 0.1) is 5.56 Å². The molecule has 0 atom stereocenters. The molecule has 38 heavy (non-hydrogen) atoms. The number of likely N-dealkylation sites (tertiary alicyclic amines) is 1. The highest BCUT2D eigenvalue weighted by Gasteiger charge is 2.27. The average Bonchev–Trinajstić information content (AvgIpc) is 2.94. The van der Waals surface area contributed by atoms with E-state index in [1.807, 2.05) is 23.1 Å². The summed E-state index contributed by atoms with van der Waals surface area (Å²) >= 11 is 5.98. The number of anilines is 2. The van der Waals surface area contributed by atoms with Crippen molar-refractivity contribution in [2.75, 3.05) is 36.4 Å². The number of nitrogens with zero attached hydrogens (tertiary/aromatic N) is 2. The van der Waals surface area contributed by atoms with Crippen molar-refractivity contribution in [3.8, 4) is 0 Å². The van der Waals surface area contributed by atoms with Gasteiger partial charge in [-0.3, -0.25) is 9.59 Å². The molecule has 2 aliphatic rings. The Bertz CT molecular complexity index is 1250. The number of rotatable bonds is 6. The quantitative estimate of drug-likeness (QED) is 0.377. The standard InChI is InChI=1S/C32H36ClN3O2/c1-23-13-17-36(18-14-23)32(38)29-22-28(34-31(37)26-7-9-27(33)10-8-26)11-12-30(29)35-19-15-25(16-20-35)21-24-5-3-2-4-6-24/h2-12,22-23,25H,13-21H2,1H3,(H,34,37). The second kappa shape index (κ2) is 12.0. The van der Waals surface area contributed by atoms with Crippen LogP contribution in [0.25, 0.3) is 0 Å². The van der Waals surface area contributed by atoms with Crippen molar-refractivity contribution in [3.05, 3.63) is 94.5 Å². The van der Waals surface area contributed by atoms with E-state index in [-0.39, 0.29) is 11.8 Å². The lowest BCUT2D eigenvalue weighted by Crippen LogP contribution is -2.40. The molecule has 198 valence electrons. The maximum atomic E-state index is 13.8. The highest BCUT2D eigenvalue weighted by Crippen LogP contribution is 2.32. The first kappa shape index (κ1) is 26.3. The zero-order chi connectivity index (χ0) is 26.5. The van der Waals surface area contributed by atoms with Gasteiger partial charge in [0, 0.05) is 48.1 Å². The highest BCUT2D eigenvalue weighted by molar-refractivity contribution is 6.30. The molecule has 2 heterocycles. The fourth-order valence-corrected chi connectivity index (χ4v) is 5.70. The Morgan fingerprint density at radius 2 is 1.55 bits per heavy atom. The number of nitrogens with one attached hydrogen (secondary N) is 1. The maximum Gasteiger partial charge on any atom is 0.256 e. The molecule has 0 saturated carbocycles. The molecule has 2 saturated heterocycles. The van der Waals surface area contributed by atoms with E-state index in [0.29, 0.717) is 33.7 Å². The van der Waals surface area contributed by atoms with Crippen molar-refractivity contribution in [1.82, 2.24) is 4.90 Å². The fraction of sp³-hybridized carbons (Fsp3) is 0.375. The lowest BCUT2D eigenvalue weighted by atomic mass is 9.89. The smallest absolute Gasteiger partial charge is 0.256 e. The number of benzene rings is 3. The van der Waals surface area contributed by atoms with Crippen LogP contribution in [-0.2, 0) is 6.42 Å². The predicted octanol–water partition coefficient (Wildman–Crippen LogP) is 6.92. The van der Waals surface area contributed by atoms with Crippen LogP contribution in [0.1, 0.15) is 58.9 Å². The number of piperidine rings is 2. The van der Waals surface area contributed by atoms with Gasteiger partial charge in [-0.2, -0.15) is 0 Å². The van der Waals surface area contributed by atoms with Crippen LogP contribution in [0.4, 0.5) is 11.4 Å². The van der Waals surface area contributed by atoms with Gasteiger partial charge in [0.25, 0.3) is 11.8 Å². The summed E-state index contributed by atoms with van der Waals surface area (Å²) in [4.78, 5) is 31.0. The molecule has 6 heteroatoms. The van der Waals surface area contributed by atoms with E-state index in [9.17, 15) is 9.59 Å². The van der Waals surface area contributed by atoms with Crippen LogP contribution in [-0.4, -0.2) is 42.9 Å². The van der Waals surface area contributed by atoms with E-state index < -0.39 is 0 Å². The van der Waals surface area contributed by atoms with Crippen molar-refractivity contribution in [3.63, 3.8) is 0 Å².